The highest BCUT2D eigenvalue weighted by molar-refractivity contribution is 7.00. The molecule has 0 fully saturated rings. The molecule has 0 spiro atoms. The van der Waals surface area contributed by atoms with Crippen LogP contribution in [0.5, 0.6) is 0 Å². The molecule has 0 N–H and O–H groups in total. The number of fused-ring (bicyclic) bond motifs is 11. The maximum atomic E-state index is 2.70. The van der Waals surface area contributed by atoms with Crippen LogP contribution in [0.25, 0.3) is 65.0 Å². The Morgan fingerprint density at radius 2 is 0.640 bits per heavy atom. The van der Waals surface area contributed by atoms with Gasteiger partial charge in [0.2, 0.25) is 0 Å². The molecule has 2 heterocycles. The van der Waals surface area contributed by atoms with E-state index in [0.29, 0.717) is 0 Å². The van der Waals surface area contributed by atoms with Crippen LogP contribution in [0.2, 0.25) is 0 Å². The van der Waals surface area contributed by atoms with Gasteiger partial charge in [0.15, 0.2) is 0 Å². The van der Waals surface area contributed by atoms with Crippen molar-refractivity contribution in [2.45, 2.75) is 105 Å². The van der Waals surface area contributed by atoms with Gasteiger partial charge in [-0.3, -0.25) is 0 Å². The van der Waals surface area contributed by atoms with Gasteiger partial charge in [-0.25, -0.2) is 0 Å². The second-order valence-corrected chi connectivity index (χ2v) is 26.0. The van der Waals surface area contributed by atoms with E-state index in [0.717, 1.165) is 0 Å². The molecule has 75 heavy (non-hydrogen) atoms. The van der Waals surface area contributed by atoms with E-state index >= 15 is 0 Å². The van der Waals surface area contributed by atoms with Crippen LogP contribution in [-0.4, -0.2) is 6.71 Å². The zero-order valence-electron chi connectivity index (χ0n) is 45.9. The van der Waals surface area contributed by atoms with Crippen molar-refractivity contribution in [2.24, 2.45) is 0 Å². The molecule has 11 aromatic rings. The van der Waals surface area contributed by atoms with E-state index in [1.807, 2.05) is 0 Å². The third-order valence-electron chi connectivity index (χ3n) is 16.7. The van der Waals surface area contributed by atoms with Crippen LogP contribution >= 0.6 is 0 Å². The summed E-state index contributed by atoms with van der Waals surface area (Å²) in [5.74, 6) is 0. The summed E-state index contributed by atoms with van der Waals surface area (Å²) in [5.41, 5.74) is 18.6. The van der Waals surface area contributed by atoms with Gasteiger partial charge < -0.3 is 9.80 Å². The summed E-state index contributed by atoms with van der Waals surface area (Å²) in [6, 6.07) is 73.2. The zero-order valence-corrected chi connectivity index (χ0v) is 45.9. The van der Waals surface area contributed by atoms with Crippen molar-refractivity contribution < 1.29 is 0 Å². The molecule has 13 rings (SSSR count). The molecule has 3 heteroatoms. The number of rotatable bonds is 3. The Balaban J connectivity index is 1.24. The number of hydrogen-bond donors (Lipinski definition) is 0. The van der Waals surface area contributed by atoms with Gasteiger partial charge >= 0.3 is 0 Å². The molecular weight excluding hydrogens is 904 g/mol. The summed E-state index contributed by atoms with van der Waals surface area (Å²) in [7, 11) is 0. The number of benzene rings is 11. The van der Waals surface area contributed by atoms with Crippen molar-refractivity contribution in [3.63, 3.8) is 0 Å². The molecule has 2 aliphatic heterocycles. The van der Waals surface area contributed by atoms with Crippen molar-refractivity contribution in [3.05, 3.63) is 210 Å². The molecule has 0 aliphatic carbocycles. The minimum atomic E-state index is -0.0949. The first-order chi connectivity index (χ1) is 35.7. The Bertz CT molecular complexity index is 3890. The van der Waals surface area contributed by atoms with E-state index in [2.05, 4.69) is 281 Å². The lowest BCUT2D eigenvalue weighted by Gasteiger charge is -2.46. The highest BCUT2D eigenvalue weighted by Crippen LogP contribution is 2.51. The van der Waals surface area contributed by atoms with Gasteiger partial charge in [-0.1, -0.05) is 204 Å². The van der Waals surface area contributed by atoms with Crippen molar-refractivity contribution in [2.75, 3.05) is 9.80 Å². The standard InChI is InChI=1S/C72H67BN2/c1-69(2,3)54-38-55(70(4,5)6)41-58(40-54)74-64-36-53(50-26-25-44-19-13-14-20-45(44)31-50)37-65-66(64)73(62-29-27-51-32-46-21-15-17-23-48(46)34-60(51)67(62)74)63-30-28-52-33-47-22-16-18-24-49(47)35-61(52)68(63)75(65)59-42-56(71(7,8)9)39-57(43-59)72(10,11)12/h13-43H,1-12H3. The topological polar surface area (TPSA) is 6.48 Å². The predicted molar refractivity (Wildman–Crippen MR) is 328 cm³/mol. The summed E-state index contributed by atoms with van der Waals surface area (Å²) < 4.78 is 0. The van der Waals surface area contributed by atoms with Crippen LogP contribution in [0.3, 0.4) is 0 Å². The van der Waals surface area contributed by atoms with Crippen LogP contribution in [-0.2, 0) is 21.7 Å². The summed E-state index contributed by atoms with van der Waals surface area (Å²) in [5, 5.41) is 12.5. The van der Waals surface area contributed by atoms with E-state index < -0.39 is 0 Å². The fourth-order valence-electron chi connectivity index (χ4n) is 12.3. The highest BCUT2D eigenvalue weighted by Gasteiger charge is 2.45. The van der Waals surface area contributed by atoms with E-state index in [9.17, 15) is 0 Å². The van der Waals surface area contributed by atoms with Gasteiger partial charge in [-0.05, 0) is 181 Å². The van der Waals surface area contributed by atoms with Gasteiger partial charge in [0.25, 0.3) is 6.71 Å². The van der Waals surface area contributed by atoms with Gasteiger partial charge in [-0.15, -0.1) is 0 Å². The Hall–Kier alpha value is -7.62. The van der Waals surface area contributed by atoms with Crippen LogP contribution < -0.4 is 26.2 Å². The average molecular weight is 971 g/mol. The van der Waals surface area contributed by atoms with Gasteiger partial charge in [-0.2, -0.15) is 0 Å². The zero-order chi connectivity index (χ0) is 52.1. The second kappa shape index (κ2) is 16.4. The lowest BCUT2D eigenvalue weighted by molar-refractivity contribution is 0.568. The molecule has 0 bridgehead atoms. The largest absolute Gasteiger partial charge is 0.311 e. The Morgan fingerprint density at radius 1 is 0.293 bits per heavy atom. The number of nitrogens with zero attached hydrogens (tertiary/aromatic N) is 2. The predicted octanol–water partition coefficient (Wildman–Crippen LogP) is 18.4. The lowest BCUT2D eigenvalue weighted by atomic mass is 9.33. The van der Waals surface area contributed by atoms with Crippen molar-refractivity contribution in [1.82, 2.24) is 0 Å². The SMILES string of the molecule is CC(C)(C)c1cc(N2c3cc(-c4ccc5ccccc5c4)cc4c3B(c3ccc5cc6ccccc6cc5c32)c2ccc3cc5ccccc5cc3c2N4c2cc(C(C)(C)C)cc(C(C)(C)C)c2)cc(C(C)(C)C)c1. The molecule has 0 atom stereocenters. The third-order valence-corrected chi connectivity index (χ3v) is 16.7. The highest BCUT2D eigenvalue weighted by atomic mass is 15.2. The van der Waals surface area contributed by atoms with E-state index in [4.69, 9.17) is 0 Å². The summed E-state index contributed by atoms with van der Waals surface area (Å²) in [4.78, 5) is 5.39. The molecule has 0 aromatic heterocycles. The molecule has 0 unspecified atom stereocenters. The van der Waals surface area contributed by atoms with Crippen molar-refractivity contribution in [1.29, 1.82) is 0 Å². The summed E-state index contributed by atoms with van der Waals surface area (Å²) in [6.07, 6.45) is 0. The monoisotopic (exact) mass is 971 g/mol. The molecule has 0 radical (unpaired) electrons. The van der Waals surface area contributed by atoms with Gasteiger partial charge in [0.1, 0.15) is 0 Å². The molecule has 0 saturated carbocycles. The Labute approximate surface area is 444 Å². The van der Waals surface area contributed by atoms with Crippen molar-refractivity contribution >= 4 is 111 Å². The molecule has 0 amide bonds. The first-order valence-corrected chi connectivity index (χ1v) is 27.2. The Morgan fingerprint density at radius 3 is 1.03 bits per heavy atom. The van der Waals surface area contributed by atoms with Crippen LogP contribution in [0.15, 0.2) is 188 Å². The first kappa shape index (κ1) is 47.1. The van der Waals surface area contributed by atoms with Crippen LogP contribution in [0.4, 0.5) is 34.1 Å². The van der Waals surface area contributed by atoms with E-state index in [1.54, 1.807) is 0 Å². The minimum Gasteiger partial charge on any atom is -0.311 e. The van der Waals surface area contributed by atoms with E-state index in [1.165, 1.54) is 138 Å². The molecule has 2 nitrogen and oxygen atoms in total. The second-order valence-electron chi connectivity index (χ2n) is 26.0. The van der Waals surface area contributed by atoms with Gasteiger partial charge in [0, 0.05) is 44.9 Å². The fourth-order valence-corrected chi connectivity index (χ4v) is 12.3. The molecule has 11 aromatic carbocycles. The molecule has 0 saturated heterocycles. The smallest absolute Gasteiger partial charge is 0.252 e. The maximum Gasteiger partial charge on any atom is 0.252 e. The normalized spacial score (nSPS) is 13.8. The summed E-state index contributed by atoms with van der Waals surface area (Å²) in [6.45, 7) is 28.3. The minimum absolute atomic E-state index is 0.0781. The molecule has 368 valence electrons. The maximum absolute atomic E-state index is 2.70. The lowest BCUT2D eigenvalue weighted by Crippen LogP contribution is -2.61. The molecule has 2 aliphatic rings. The first-order valence-electron chi connectivity index (χ1n) is 27.2. The van der Waals surface area contributed by atoms with E-state index in [-0.39, 0.29) is 28.4 Å². The number of anilines is 6. The average Bonchev–Trinajstić information content (AvgIpc) is 3.46. The van der Waals surface area contributed by atoms with Crippen molar-refractivity contribution in [3.8, 4) is 11.1 Å². The number of hydrogen-bond acceptors (Lipinski definition) is 2. The fraction of sp³-hybridized carbons (Fsp3) is 0.222. The van der Waals surface area contributed by atoms with Crippen LogP contribution in [0, 0.1) is 0 Å². The summed E-state index contributed by atoms with van der Waals surface area (Å²) >= 11 is 0. The Kier molecular flexibility index (Phi) is 10.3. The quantitative estimate of drug-likeness (QED) is 0.129. The van der Waals surface area contributed by atoms with Gasteiger partial charge in [0.05, 0.1) is 0 Å². The molecular formula is C72H67BN2. The third kappa shape index (κ3) is 7.75. The van der Waals surface area contributed by atoms with Crippen LogP contribution in [0.1, 0.15) is 105 Å².